The summed E-state index contributed by atoms with van der Waals surface area (Å²) in [6.07, 6.45) is 3.50. The number of urea groups is 1. The number of nitrogens with zero attached hydrogens (tertiary/aromatic N) is 1. The summed E-state index contributed by atoms with van der Waals surface area (Å²) in [6.45, 7) is 11.2. The van der Waals surface area contributed by atoms with Gasteiger partial charge in [0, 0.05) is 12.6 Å². The summed E-state index contributed by atoms with van der Waals surface area (Å²) in [5.74, 6) is 0.574. The van der Waals surface area contributed by atoms with Gasteiger partial charge < -0.3 is 10.6 Å². The molecule has 5 nitrogen and oxygen atoms in total. The van der Waals surface area contributed by atoms with Gasteiger partial charge in [0.2, 0.25) is 0 Å². The van der Waals surface area contributed by atoms with Crippen LogP contribution in [0.1, 0.15) is 46.5 Å². The summed E-state index contributed by atoms with van der Waals surface area (Å²) in [7, 11) is 0. The van der Waals surface area contributed by atoms with Gasteiger partial charge in [-0.25, -0.2) is 4.79 Å². The second-order valence-corrected chi connectivity index (χ2v) is 6.87. The fourth-order valence-electron chi connectivity index (χ4n) is 3.04. The summed E-state index contributed by atoms with van der Waals surface area (Å²) < 4.78 is 0. The van der Waals surface area contributed by atoms with Gasteiger partial charge in [-0.15, -0.1) is 0 Å². The molecule has 2 fully saturated rings. The standard InChI is InChI=1S/C16H27N3O2/c1-11(2)17-9-13(4)10-19-14(20)16(18-15(19)21)7-5-12(3)6-8-16/h11-12,17H,4-10H2,1-3H3,(H,18,21). The quantitative estimate of drug-likeness (QED) is 0.602. The molecular weight excluding hydrogens is 266 g/mol. The molecule has 1 aliphatic carbocycles. The number of rotatable bonds is 5. The van der Waals surface area contributed by atoms with E-state index in [2.05, 4.69) is 38.0 Å². The molecule has 0 aromatic heterocycles. The molecule has 0 unspecified atom stereocenters. The molecule has 3 amide bonds. The highest BCUT2D eigenvalue weighted by molar-refractivity contribution is 6.07. The molecule has 2 rings (SSSR count). The fourth-order valence-corrected chi connectivity index (χ4v) is 3.04. The van der Waals surface area contributed by atoms with Crippen LogP contribution in [0.3, 0.4) is 0 Å². The summed E-state index contributed by atoms with van der Waals surface area (Å²) in [4.78, 5) is 26.1. The van der Waals surface area contributed by atoms with E-state index in [1.165, 1.54) is 4.90 Å². The van der Waals surface area contributed by atoms with Gasteiger partial charge in [-0.3, -0.25) is 9.69 Å². The second kappa shape index (κ2) is 6.18. The van der Waals surface area contributed by atoms with Crippen LogP contribution >= 0.6 is 0 Å². The average molecular weight is 293 g/mol. The van der Waals surface area contributed by atoms with Crippen molar-refractivity contribution in [1.82, 2.24) is 15.5 Å². The highest BCUT2D eigenvalue weighted by Crippen LogP contribution is 2.36. The van der Waals surface area contributed by atoms with Gasteiger partial charge in [0.25, 0.3) is 5.91 Å². The first kappa shape index (κ1) is 16.0. The summed E-state index contributed by atoms with van der Waals surface area (Å²) in [5.41, 5.74) is 0.212. The van der Waals surface area contributed by atoms with E-state index in [1.807, 2.05) is 0 Å². The number of carbonyl (C=O) groups excluding carboxylic acids is 2. The van der Waals surface area contributed by atoms with Crippen molar-refractivity contribution in [2.24, 2.45) is 5.92 Å². The van der Waals surface area contributed by atoms with Crippen LogP contribution in [0, 0.1) is 5.92 Å². The maximum atomic E-state index is 12.7. The maximum Gasteiger partial charge on any atom is 0.325 e. The van der Waals surface area contributed by atoms with Crippen molar-refractivity contribution in [3.8, 4) is 0 Å². The Kier molecular flexibility index (Phi) is 4.71. The first-order chi connectivity index (χ1) is 9.84. The Bertz CT molecular complexity index is 437. The van der Waals surface area contributed by atoms with Crippen LogP contribution in [0.4, 0.5) is 4.79 Å². The van der Waals surface area contributed by atoms with E-state index < -0.39 is 5.54 Å². The molecule has 0 bridgehead atoms. The van der Waals surface area contributed by atoms with E-state index >= 15 is 0 Å². The van der Waals surface area contributed by atoms with E-state index in [4.69, 9.17) is 0 Å². The SMILES string of the molecule is C=C(CNC(C)C)CN1C(=O)NC2(CCC(C)CC2)C1=O. The zero-order valence-corrected chi connectivity index (χ0v) is 13.4. The molecule has 1 heterocycles. The third kappa shape index (κ3) is 3.46. The summed E-state index contributed by atoms with van der Waals surface area (Å²) in [6, 6.07) is 0.0938. The third-order valence-corrected chi connectivity index (χ3v) is 4.52. The van der Waals surface area contributed by atoms with Crippen LogP contribution in [-0.4, -0.2) is 41.5 Å². The lowest BCUT2D eigenvalue weighted by atomic mass is 9.77. The lowest BCUT2D eigenvalue weighted by molar-refractivity contribution is -0.132. The summed E-state index contributed by atoms with van der Waals surface area (Å²) >= 11 is 0. The molecule has 0 aromatic rings. The Morgan fingerprint density at radius 1 is 1.43 bits per heavy atom. The van der Waals surface area contributed by atoms with Gasteiger partial charge in [-0.05, 0) is 37.2 Å². The molecule has 1 saturated heterocycles. The van der Waals surface area contributed by atoms with Crippen LogP contribution in [0.5, 0.6) is 0 Å². The monoisotopic (exact) mass is 293 g/mol. The number of nitrogens with one attached hydrogen (secondary N) is 2. The van der Waals surface area contributed by atoms with Gasteiger partial charge in [-0.1, -0.05) is 27.4 Å². The Labute approximate surface area is 127 Å². The minimum absolute atomic E-state index is 0.0647. The highest BCUT2D eigenvalue weighted by atomic mass is 16.2. The molecule has 2 aliphatic rings. The molecule has 0 aromatic carbocycles. The minimum atomic E-state index is -0.644. The van der Waals surface area contributed by atoms with Crippen LogP contribution in [0.25, 0.3) is 0 Å². The predicted molar refractivity (Wildman–Crippen MR) is 82.9 cm³/mol. The van der Waals surface area contributed by atoms with Crippen molar-refractivity contribution < 1.29 is 9.59 Å². The van der Waals surface area contributed by atoms with Crippen molar-refractivity contribution in [1.29, 1.82) is 0 Å². The molecule has 0 atom stereocenters. The van der Waals surface area contributed by atoms with Crippen molar-refractivity contribution in [3.63, 3.8) is 0 Å². The predicted octanol–water partition coefficient (Wildman–Crippen LogP) is 2.04. The normalized spacial score (nSPS) is 29.3. The zero-order chi connectivity index (χ0) is 15.6. The molecule has 1 saturated carbocycles. The Hall–Kier alpha value is -1.36. The van der Waals surface area contributed by atoms with Crippen molar-refractivity contribution in [3.05, 3.63) is 12.2 Å². The number of hydrogen-bond acceptors (Lipinski definition) is 3. The third-order valence-electron chi connectivity index (χ3n) is 4.52. The largest absolute Gasteiger partial charge is 0.325 e. The van der Waals surface area contributed by atoms with Gasteiger partial charge >= 0.3 is 6.03 Å². The summed E-state index contributed by atoms with van der Waals surface area (Å²) in [5, 5.41) is 6.19. The molecule has 118 valence electrons. The van der Waals surface area contributed by atoms with E-state index in [0.717, 1.165) is 31.3 Å². The molecule has 2 N–H and O–H groups in total. The van der Waals surface area contributed by atoms with Crippen LogP contribution in [0.15, 0.2) is 12.2 Å². The molecule has 0 radical (unpaired) electrons. The fraction of sp³-hybridized carbons (Fsp3) is 0.750. The van der Waals surface area contributed by atoms with Crippen molar-refractivity contribution >= 4 is 11.9 Å². The van der Waals surface area contributed by atoms with Crippen molar-refractivity contribution in [2.45, 2.75) is 58.0 Å². The molecule has 21 heavy (non-hydrogen) atoms. The first-order valence-corrected chi connectivity index (χ1v) is 7.88. The molecule has 5 heteroatoms. The lowest BCUT2D eigenvalue weighted by Gasteiger charge is -2.33. The Morgan fingerprint density at radius 2 is 2.05 bits per heavy atom. The van der Waals surface area contributed by atoms with E-state index in [-0.39, 0.29) is 11.9 Å². The topological polar surface area (TPSA) is 61.4 Å². The van der Waals surface area contributed by atoms with E-state index in [9.17, 15) is 9.59 Å². The number of amides is 3. The highest BCUT2D eigenvalue weighted by Gasteiger charge is 2.51. The lowest BCUT2D eigenvalue weighted by Crippen LogP contribution is -2.49. The number of carbonyl (C=O) groups is 2. The second-order valence-electron chi connectivity index (χ2n) is 6.87. The molecule has 1 aliphatic heterocycles. The minimum Gasteiger partial charge on any atom is -0.323 e. The van der Waals surface area contributed by atoms with Crippen LogP contribution in [0.2, 0.25) is 0 Å². The Morgan fingerprint density at radius 3 is 2.62 bits per heavy atom. The number of hydrogen-bond donors (Lipinski definition) is 2. The van der Waals surface area contributed by atoms with Gasteiger partial charge in [0.15, 0.2) is 0 Å². The molecule has 1 spiro atoms. The van der Waals surface area contributed by atoms with E-state index in [0.29, 0.717) is 25.0 Å². The first-order valence-electron chi connectivity index (χ1n) is 7.88. The smallest absolute Gasteiger partial charge is 0.323 e. The molecular formula is C16H27N3O2. The number of imide groups is 1. The Balaban J connectivity index is 1.97. The van der Waals surface area contributed by atoms with Gasteiger partial charge in [0.1, 0.15) is 5.54 Å². The van der Waals surface area contributed by atoms with Gasteiger partial charge in [-0.2, -0.15) is 0 Å². The van der Waals surface area contributed by atoms with Crippen LogP contribution < -0.4 is 10.6 Å². The van der Waals surface area contributed by atoms with Crippen LogP contribution in [-0.2, 0) is 4.79 Å². The maximum absolute atomic E-state index is 12.7. The van der Waals surface area contributed by atoms with Gasteiger partial charge in [0.05, 0.1) is 6.54 Å². The average Bonchev–Trinajstić information content (AvgIpc) is 2.65. The van der Waals surface area contributed by atoms with E-state index in [1.54, 1.807) is 0 Å². The zero-order valence-electron chi connectivity index (χ0n) is 13.4. The van der Waals surface area contributed by atoms with Crippen molar-refractivity contribution in [2.75, 3.05) is 13.1 Å².